The lowest BCUT2D eigenvalue weighted by Gasteiger charge is -2.05. The fraction of sp³-hybridized carbons (Fsp3) is 0.500. The number of hydrogen-bond acceptors (Lipinski definition) is 4. The lowest BCUT2D eigenvalue weighted by atomic mass is 10.1. The van der Waals surface area contributed by atoms with Crippen molar-refractivity contribution in [1.29, 1.82) is 0 Å². The minimum absolute atomic E-state index is 0.0960. The van der Waals surface area contributed by atoms with E-state index >= 15 is 0 Å². The maximum atomic E-state index is 11.5. The molecule has 0 aliphatic rings. The molecule has 1 heterocycles. The van der Waals surface area contributed by atoms with E-state index in [1.165, 1.54) is 11.3 Å². The van der Waals surface area contributed by atoms with Gasteiger partial charge in [0.2, 0.25) is 5.91 Å². The molecule has 0 spiro atoms. The van der Waals surface area contributed by atoms with Crippen LogP contribution in [0.1, 0.15) is 18.4 Å². The first-order valence-corrected chi connectivity index (χ1v) is 7.56. The highest BCUT2D eigenvalue weighted by Crippen LogP contribution is 2.31. The van der Waals surface area contributed by atoms with Gasteiger partial charge in [-0.2, -0.15) is 0 Å². The SMILES string of the molecule is O=C(O)COCCNC(=O)CCCc1cc(Cl)sc1Cl. The molecule has 1 aromatic rings. The third-order valence-corrected chi connectivity index (χ3v) is 3.94. The lowest BCUT2D eigenvalue weighted by molar-refractivity contribution is -0.142. The number of aryl methyl sites for hydroxylation is 1. The summed E-state index contributed by atoms with van der Waals surface area (Å²) in [6, 6.07) is 1.81. The summed E-state index contributed by atoms with van der Waals surface area (Å²) in [4.78, 5) is 21.7. The molecule has 5 nitrogen and oxygen atoms in total. The molecule has 20 heavy (non-hydrogen) atoms. The molecule has 112 valence electrons. The van der Waals surface area contributed by atoms with E-state index in [0.29, 0.717) is 34.5 Å². The van der Waals surface area contributed by atoms with Crippen LogP contribution in [0.25, 0.3) is 0 Å². The Morgan fingerprint density at radius 2 is 2.15 bits per heavy atom. The van der Waals surface area contributed by atoms with Gasteiger partial charge in [0, 0.05) is 13.0 Å². The zero-order valence-electron chi connectivity index (χ0n) is 10.7. The number of carboxylic acid groups (broad SMARTS) is 1. The second kappa shape index (κ2) is 9.18. The summed E-state index contributed by atoms with van der Waals surface area (Å²) in [5.41, 5.74) is 0.958. The molecule has 0 saturated heterocycles. The van der Waals surface area contributed by atoms with Crippen LogP contribution in [-0.2, 0) is 20.7 Å². The Kier molecular flexibility index (Phi) is 7.91. The van der Waals surface area contributed by atoms with Crippen LogP contribution in [0.4, 0.5) is 0 Å². The summed E-state index contributed by atoms with van der Waals surface area (Å²) in [7, 11) is 0. The van der Waals surface area contributed by atoms with Crippen LogP contribution < -0.4 is 5.32 Å². The fourth-order valence-electron chi connectivity index (χ4n) is 1.49. The molecule has 1 amide bonds. The predicted octanol–water partition coefficient (Wildman–Crippen LogP) is 2.60. The van der Waals surface area contributed by atoms with Crippen LogP contribution in [0.3, 0.4) is 0 Å². The van der Waals surface area contributed by atoms with E-state index in [2.05, 4.69) is 5.32 Å². The van der Waals surface area contributed by atoms with Crippen molar-refractivity contribution in [3.05, 3.63) is 20.3 Å². The van der Waals surface area contributed by atoms with Gasteiger partial charge in [-0.1, -0.05) is 23.2 Å². The molecule has 0 radical (unpaired) electrons. The van der Waals surface area contributed by atoms with Gasteiger partial charge in [-0.25, -0.2) is 4.79 Å². The van der Waals surface area contributed by atoms with Crippen LogP contribution in [0, 0.1) is 0 Å². The number of carbonyl (C=O) groups excluding carboxylic acids is 1. The van der Waals surface area contributed by atoms with Gasteiger partial charge in [-0.3, -0.25) is 4.79 Å². The van der Waals surface area contributed by atoms with Crippen molar-refractivity contribution in [1.82, 2.24) is 5.32 Å². The highest BCUT2D eigenvalue weighted by molar-refractivity contribution is 7.20. The second-order valence-electron chi connectivity index (χ2n) is 4.00. The summed E-state index contributed by atoms with van der Waals surface area (Å²) in [5, 5.41) is 11.0. The topological polar surface area (TPSA) is 75.6 Å². The standard InChI is InChI=1S/C12H15Cl2NO4S/c13-9-6-8(12(14)20-9)2-1-3-10(16)15-4-5-19-7-11(17)18/h6H,1-5,7H2,(H,15,16)(H,17,18). The number of carboxylic acids is 1. The summed E-state index contributed by atoms with van der Waals surface area (Å²) < 4.78 is 6.10. The van der Waals surface area contributed by atoms with Gasteiger partial charge < -0.3 is 15.2 Å². The zero-order chi connectivity index (χ0) is 15.0. The number of carbonyl (C=O) groups is 2. The predicted molar refractivity (Wildman–Crippen MR) is 78.7 cm³/mol. The van der Waals surface area contributed by atoms with E-state index in [1.807, 2.05) is 6.07 Å². The Labute approximate surface area is 130 Å². The van der Waals surface area contributed by atoms with E-state index in [9.17, 15) is 9.59 Å². The van der Waals surface area contributed by atoms with Crippen LogP contribution in [0.2, 0.25) is 8.67 Å². The number of rotatable bonds is 9. The Balaban J connectivity index is 2.08. The first kappa shape index (κ1) is 17.2. The van der Waals surface area contributed by atoms with Crippen molar-refractivity contribution >= 4 is 46.4 Å². The van der Waals surface area contributed by atoms with Gasteiger partial charge in [-0.05, 0) is 24.5 Å². The number of aliphatic carboxylic acids is 1. The highest BCUT2D eigenvalue weighted by Gasteiger charge is 2.07. The molecule has 0 aliphatic heterocycles. The molecule has 0 bridgehead atoms. The second-order valence-corrected chi connectivity index (χ2v) is 6.28. The number of hydrogen-bond donors (Lipinski definition) is 2. The normalized spacial score (nSPS) is 10.5. The maximum Gasteiger partial charge on any atom is 0.329 e. The smallest absolute Gasteiger partial charge is 0.329 e. The van der Waals surface area contributed by atoms with Gasteiger partial charge in [0.15, 0.2) is 0 Å². The summed E-state index contributed by atoms with van der Waals surface area (Å²) >= 11 is 13.1. The molecular weight excluding hydrogens is 325 g/mol. The van der Waals surface area contributed by atoms with Gasteiger partial charge in [0.05, 0.1) is 15.3 Å². The molecule has 8 heteroatoms. The highest BCUT2D eigenvalue weighted by atomic mass is 35.5. The van der Waals surface area contributed by atoms with Gasteiger partial charge >= 0.3 is 5.97 Å². The molecule has 0 unspecified atom stereocenters. The molecule has 0 fully saturated rings. The monoisotopic (exact) mass is 339 g/mol. The molecule has 1 rings (SSSR count). The van der Waals surface area contributed by atoms with Crippen molar-refractivity contribution in [2.45, 2.75) is 19.3 Å². The van der Waals surface area contributed by atoms with Crippen molar-refractivity contribution in [3.8, 4) is 0 Å². The molecule has 0 atom stereocenters. The molecule has 1 aromatic heterocycles. The van der Waals surface area contributed by atoms with E-state index < -0.39 is 5.97 Å². The molecule has 2 N–H and O–H groups in total. The molecule has 0 aromatic carbocycles. The first-order chi connectivity index (χ1) is 9.49. The number of amides is 1. The van der Waals surface area contributed by atoms with Crippen molar-refractivity contribution in [2.75, 3.05) is 19.8 Å². The average molecular weight is 340 g/mol. The Hall–Kier alpha value is -0.820. The first-order valence-electron chi connectivity index (χ1n) is 5.99. The third-order valence-electron chi connectivity index (χ3n) is 2.37. The lowest BCUT2D eigenvalue weighted by Crippen LogP contribution is -2.27. The average Bonchev–Trinajstić information content (AvgIpc) is 2.67. The number of nitrogens with one attached hydrogen (secondary N) is 1. The fourth-order valence-corrected chi connectivity index (χ4v) is 3.04. The van der Waals surface area contributed by atoms with Crippen LogP contribution in [0.15, 0.2) is 6.07 Å². The third kappa shape index (κ3) is 7.09. The van der Waals surface area contributed by atoms with Crippen LogP contribution in [-0.4, -0.2) is 36.7 Å². The maximum absolute atomic E-state index is 11.5. The largest absolute Gasteiger partial charge is 0.480 e. The van der Waals surface area contributed by atoms with Crippen LogP contribution >= 0.6 is 34.5 Å². The van der Waals surface area contributed by atoms with E-state index in [1.54, 1.807) is 0 Å². The van der Waals surface area contributed by atoms with E-state index in [0.717, 1.165) is 5.56 Å². The Morgan fingerprint density at radius 3 is 2.75 bits per heavy atom. The number of halogens is 2. The van der Waals surface area contributed by atoms with E-state index in [4.69, 9.17) is 33.0 Å². The van der Waals surface area contributed by atoms with Crippen molar-refractivity contribution in [2.24, 2.45) is 0 Å². The Morgan fingerprint density at radius 1 is 1.40 bits per heavy atom. The van der Waals surface area contributed by atoms with Crippen LogP contribution in [0.5, 0.6) is 0 Å². The van der Waals surface area contributed by atoms with Crippen molar-refractivity contribution in [3.63, 3.8) is 0 Å². The van der Waals surface area contributed by atoms with Gasteiger partial charge in [0.1, 0.15) is 6.61 Å². The summed E-state index contributed by atoms with van der Waals surface area (Å²) in [6.45, 7) is 0.133. The van der Waals surface area contributed by atoms with Gasteiger partial charge in [-0.15, -0.1) is 11.3 Å². The van der Waals surface area contributed by atoms with E-state index in [-0.39, 0.29) is 19.1 Å². The quantitative estimate of drug-likeness (QED) is 0.678. The zero-order valence-corrected chi connectivity index (χ0v) is 13.0. The number of ether oxygens (including phenoxy) is 1. The van der Waals surface area contributed by atoms with Gasteiger partial charge in [0.25, 0.3) is 0 Å². The molecule has 0 saturated carbocycles. The van der Waals surface area contributed by atoms with Crippen molar-refractivity contribution < 1.29 is 19.4 Å². The molecular formula is C12H15Cl2NO4S. The summed E-state index contributed by atoms with van der Waals surface area (Å²) in [5.74, 6) is -1.12. The Bertz CT molecular complexity index is 464. The number of thiophene rings is 1. The minimum Gasteiger partial charge on any atom is -0.480 e. The summed E-state index contributed by atoms with van der Waals surface area (Å²) in [6.07, 6.45) is 1.75. The molecule has 0 aliphatic carbocycles. The minimum atomic E-state index is -1.03.